The van der Waals surface area contributed by atoms with E-state index in [0.717, 1.165) is 58.8 Å². The van der Waals surface area contributed by atoms with Gasteiger partial charge in [0, 0.05) is 50.8 Å². The molecule has 1 aromatic carbocycles. The number of nitrogens with zero attached hydrogens (tertiary/aromatic N) is 2. The number of hydrogen-bond donors (Lipinski definition) is 2. The second kappa shape index (κ2) is 9.72. The van der Waals surface area contributed by atoms with Crippen LogP contribution in [0.4, 0.5) is 4.79 Å². The molecule has 156 valence electrons. The first-order chi connectivity index (χ1) is 13.4. The van der Waals surface area contributed by atoms with Crippen LogP contribution in [0.2, 0.25) is 0 Å². The van der Waals surface area contributed by atoms with Gasteiger partial charge in [-0.1, -0.05) is 24.3 Å². The van der Waals surface area contributed by atoms with Gasteiger partial charge >= 0.3 is 6.03 Å². The van der Waals surface area contributed by atoms with Gasteiger partial charge in [0.05, 0.1) is 13.2 Å². The third-order valence-corrected chi connectivity index (χ3v) is 6.13. The fourth-order valence-corrected chi connectivity index (χ4v) is 4.08. The van der Waals surface area contributed by atoms with E-state index >= 15 is 0 Å². The fourth-order valence-electron chi connectivity index (χ4n) is 4.08. The van der Waals surface area contributed by atoms with Crippen molar-refractivity contribution in [1.82, 2.24) is 20.4 Å². The molecule has 28 heavy (non-hydrogen) atoms. The van der Waals surface area contributed by atoms with E-state index in [1.54, 1.807) is 0 Å². The van der Waals surface area contributed by atoms with Crippen LogP contribution in [-0.2, 0) is 11.3 Å². The van der Waals surface area contributed by atoms with Crippen LogP contribution in [0.5, 0.6) is 0 Å². The lowest BCUT2D eigenvalue weighted by molar-refractivity contribution is -0.00878. The van der Waals surface area contributed by atoms with Gasteiger partial charge in [-0.25, -0.2) is 4.79 Å². The maximum Gasteiger partial charge on any atom is 0.315 e. The number of carbonyl (C=O) groups excluding carboxylic acids is 1. The molecular weight excluding hydrogens is 352 g/mol. The lowest BCUT2D eigenvalue weighted by Crippen LogP contribution is -2.57. The molecule has 2 amide bonds. The number of hydrogen-bond acceptors (Lipinski definition) is 4. The summed E-state index contributed by atoms with van der Waals surface area (Å²) in [6.07, 6.45) is 2.01. The first kappa shape index (κ1) is 21.1. The standard InChI is InChI=1S/C22H36N4O2/c1-18-6-4-5-7-19(18)16-25-10-8-20(9-11-25)24-21(27)23-17-22(2,3)26-12-14-28-15-13-26/h4-7,20H,8-17H2,1-3H3,(H2,23,24,27). The first-order valence-corrected chi connectivity index (χ1v) is 10.6. The summed E-state index contributed by atoms with van der Waals surface area (Å²) in [4.78, 5) is 17.3. The van der Waals surface area contributed by atoms with Crippen molar-refractivity contribution in [3.63, 3.8) is 0 Å². The monoisotopic (exact) mass is 388 g/mol. The molecular formula is C22H36N4O2. The van der Waals surface area contributed by atoms with Crippen molar-refractivity contribution in [3.8, 4) is 0 Å². The molecule has 2 aliphatic rings. The highest BCUT2D eigenvalue weighted by Crippen LogP contribution is 2.17. The molecule has 0 unspecified atom stereocenters. The van der Waals surface area contributed by atoms with Crippen LogP contribution >= 0.6 is 0 Å². The Hall–Kier alpha value is -1.63. The maximum absolute atomic E-state index is 12.4. The van der Waals surface area contributed by atoms with E-state index < -0.39 is 0 Å². The molecule has 2 aliphatic heterocycles. The average molecular weight is 389 g/mol. The molecule has 0 aromatic heterocycles. The number of piperidine rings is 1. The lowest BCUT2D eigenvalue weighted by atomic mass is 10.0. The molecule has 6 heteroatoms. The third-order valence-electron chi connectivity index (χ3n) is 6.13. The van der Waals surface area contributed by atoms with Crippen molar-refractivity contribution in [2.24, 2.45) is 0 Å². The van der Waals surface area contributed by atoms with Gasteiger partial charge < -0.3 is 15.4 Å². The number of likely N-dealkylation sites (tertiary alicyclic amines) is 1. The van der Waals surface area contributed by atoms with Gasteiger partial charge in [0.2, 0.25) is 0 Å². The van der Waals surface area contributed by atoms with E-state index in [4.69, 9.17) is 4.74 Å². The predicted molar refractivity (Wildman–Crippen MR) is 112 cm³/mol. The Morgan fingerprint density at radius 3 is 2.50 bits per heavy atom. The quantitative estimate of drug-likeness (QED) is 0.786. The van der Waals surface area contributed by atoms with Crippen molar-refractivity contribution < 1.29 is 9.53 Å². The van der Waals surface area contributed by atoms with E-state index in [-0.39, 0.29) is 17.6 Å². The maximum atomic E-state index is 12.4. The van der Waals surface area contributed by atoms with E-state index in [0.29, 0.717) is 6.54 Å². The molecule has 0 bridgehead atoms. The number of rotatable bonds is 6. The van der Waals surface area contributed by atoms with Crippen molar-refractivity contribution >= 4 is 6.03 Å². The Morgan fingerprint density at radius 1 is 1.14 bits per heavy atom. The Kier molecular flexibility index (Phi) is 7.32. The Bertz CT molecular complexity index is 635. The van der Waals surface area contributed by atoms with Crippen LogP contribution in [0.15, 0.2) is 24.3 Å². The van der Waals surface area contributed by atoms with Gasteiger partial charge in [0.15, 0.2) is 0 Å². The number of ether oxygens (including phenoxy) is 1. The van der Waals surface area contributed by atoms with Gasteiger partial charge in [-0.3, -0.25) is 9.80 Å². The van der Waals surface area contributed by atoms with Crippen molar-refractivity contribution in [3.05, 3.63) is 35.4 Å². The fraction of sp³-hybridized carbons (Fsp3) is 0.682. The van der Waals surface area contributed by atoms with Crippen LogP contribution in [0.25, 0.3) is 0 Å². The van der Waals surface area contributed by atoms with Gasteiger partial charge in [0.25, 0.3) is 0 Å². The van der Waals surface area contributed by atoms with Gasteiger partial charge in [-0.15, -0.1) is 0 Å². The Morgan fingerprint density at radius 2 is 1.82 bits per heavy atom. The zero-order valence-electron chi connectivity index (χ0n) is 17.7. The summed E-state index contributed by atoms with van der Waals surface area (Å²) in [7, 11) is 0. The lowest BCUT2D eigenvalue weighted by Gasteiger charge is -2.41. The summed E-state index contributed by atoms with van der Waals surface area (Å²) in [5, 5.41) is 6.25. The van der Waals surface area contributed by atoms with E-state index in [1.165, 1.54) is 11.1 Å². The molecule has 0 saturated carbocycles. The second-order valence-corrected chi connectivity index (χ2v) is 8.72. The van der Waals surface area contributed by atoms with Gasteiger partial charge in [-0.2, -0.15) is 0 Å². The van der Waals surface area contributed by atoms with E-state index in [9.17, 15) is 4.79 Å². The predicted octanol–water partition coefficient (Wildman–Crippen LogP) is 2.37. The molecule has 2 saturated heterocycles. The van der Waals surface area contributed by atoms with Gasteiger partial charge in [0.1, 0.15) is 0 Å². The molecule has 1 aromatic rings. The van der Waals surface area contributed by atoms with Crippen molar-refractivity contribution in [1.29, 1.82) is 0 Å². The molecule has 2 fully saturated rings. The molecule has 0 atom stereocenters. The molecule has 2 heterocycles. The zero-order chi connectivity index (χ0) is 20.0. The minimum Gasteiger partial charge on any atom is -0.379 e. The molecule has 0 aliphatic carbocycles. The number of nitrogens with one attached hydrogen (secondary N) is 2. The number of amides is 2. The number of benzene rings is 1. The minimum atomic E-state index is -0.0575. The van der Waals surface area contributed by atoms with Gasteiger partial charge in [-0.05, 0) is 44.7 Å². The normalized spacial score (nSPS) is 20.1. The molecule has 6 nitrogen and oxygen atoms in total. The first-order valence-electron chi connectivity index (χ1n) is 10.6. The third kappa shape index (κ3) is 5.93. The topological polar surface area (TPSA) is 56.8 Å². The zero-order valence-corrected chi connectivity index (χ0v) is 17.7. The summed E-state index contributed by atoms with van der Waals surface area (Å²) in [5.41, 5.74) is 2.69. The molecule has 0 radical (unpaired) electrons. The van der Waals surface area contributed by atoms with Crippen molar-refractivity contribution in [2.75, 3.05) is 45.9 Å². The number of carbonyl (C=O) groups is 1. The molecule has 3 rings (SSSR count). The Balaban J connectivity index is 1.37. The van der Waals surface area contributed by atoms with Crippen LogP contribution in [0, 0.1) is 6.92 Å². The van der Waals surface area contributed by atoms with Crippen LogP contribution in [0.3, 0.4) is 0 Å². The number of aryl methyl sites for hydroxylation is 1. The summed E-state index contributed by atoms with van der Waals surface area (Å²) in [6.45, 7) is 13.6. The largest absolute Gasteiger partial charge is 0.379 e. The van der Waals surface area contributed by atoms with Crippen LogP contribution in [0.1, 0.15) is 37.8 Å². The Labute approximate surface area is 169 Å². The second-order valence-electron chi connectivity index (χ2n) is 8.72. The highest BCUT2D eigenvalue weighted by molar-refractivity contribution is 5.74. The van der Waals surface area contributed by atoms with E-state index in [1.807, 2.05) is 0 Å². The average Bonchev–Trinajstić information content (AvgIpc) is 2.70. The van der Waals surface area contributed by atoms with Crippen LogP contribution in [-0.4, -0.2) is 73.3 Å². The smallest absolute Gasteiger partial charge is 0.315 e. The summed E-state index contributed by atoms with van der Waals surface area (Å²) >= 11 is 0. The highest BCUT2D eigenvalue weighted by Gasteiger charge is 2.29. The summed E-state index contributed by atoms with van der Waals surface area (Å²) in [5.74, 6) is 0. The summed E-state index contributed by atoms with van der Waals surface area (Å²) in [6, 6.07) is 8.81. The number of morpholine rings is 1. The minimum absolute atomic E-state index is 0.0429. The highest BCUT2D eigenvalue weighted by atomic mass is 16.5. The molecule has 2 N–H and O–H groups in total. The number of urea groups is 1. The summed E-state index contributed by atoms with van der Waals surface area (Å²) < 4.78 is 5.43. The van der Waals surface area contributed by atoms with Crippen molar-refractivity contribution in [2.45, 2.75) is 51.7 Å². The van der Waals surface area contributed by atoms with E-state index in [2.05, 4.69) is 65.5 Å². The SMILES string of the molecule is Cc1ccccc1CN1CCC(NC(=O)NCC(C)(C)N2CCOCC2)CC1. The van der Waals surface area contributed by atoms with Crippen LogP contribution < -0.4 is 10.6 Å². The molecule has 0 spiro atoms.